The summed E-state index contributed by atoms with van der Waals surface area (Å²) in [7, 11) is 1.51. The first-order valence-corrected chi connectivity index (χ1v) is 11.5. The van der Waals surface area contributed by atoms with Crippen LogP contribution >= 0.6 is 0 Å². The predicted octanol–water partition coefficient (Wildman–Crippen LogP) is 3.84. The van der Waals surface area contributed by atoms with Crippen LogP contribution in [0.5, 0.6) is 5.75 Å². The number of methoxy groups -OCH3 is 1. The van der Waals surface area contributed by atoms with E-state index in [1.165, 1.54) is 7.11 Å². The Bertz CT molecular complexity index is 1200. The Balaban J connectivity index is 1.62. The van der Waals surface area contributed by atoms with E-state index in [0.29, 0.717) is 28.4 Å². The number of nitrogen functional groups attached to an aromatic ring is 1. The van der Waals surface area contributed by atoms with E-state index >= 15 is 0 Å². The number of rotatable bonds is 8. The Morgan fingerprint density at radius 1 is 1.29 bits per heavy atom. The van der Waals surface area contributed by atoms with Gasteiger partial charge in [-0.2, -0.15) is 5.10 Å². The molecule has 0 aliphatic heterocycles. The van der Waals surface area contributed by atoms with Gasteiger partial charge in [-0.3, -0.25) is 9.59 Å². The summed E-state index contributed by atoms with van der Waals surface area (Å²) >= 11 is 0. The summed E-state index contributed by atoms with van der Waals surface area (Å²) in [5, 5.41) is 17.6. The van der Waals surface area contributed by atoms with Crippen LogP contribution < -0.4 is 15.8 Å². The molecule has 0 bridgehead atoms. The van der Waals surface area contributed by atoms with Gasteiger partial charge < -0.3 is 20.9 Å². The average Bonchev–Trinajstić information content (AvgIpc) is 3.50. The van der Waals surface area contributed by atoms with Crippen LogP contribution in [0.3, 0.4) is 0 Å². The van der Waals surface area contributed by atoms with Crippen LogP contribution in [0.25, 0.3) is 11.3 Å². The zero-order valence-corrected chi connectivity index (χ0v) is 19.5. The van der Waals surface area contributed by atoms with Crippen molar-refractivity contribution in [3.63, 3.8) is 0 Å². The molecule has 3 aromatic rings. The predicted molar refractivity (Wildman–Crippen MR) is 130 cm³/mol. The monoisotopic (exact) mass is 462 g/mol. The van der Waals surface area contributed by atoms with Crippen molar-refractivity contribution >= 4 is 18.0 Å². The number of hydrogen-bond donors (Lipinski definition) is 3. The maximum absolute atomic E-state index is 12.8. The van der Waals surface area contributed by atoms with Gasteiger partial charge >= 0.3 is 0 Å². The molecule has 4 N–H and O–H groups in total. The Kier molecular flexibility index (Phi) is 6.98. The van der Waals surface area contributed by atoms with Gasteiger partial charge in [0, 0.05) is 5.56 Å². The summed E-state index contributed by atoms with van der Waals surface area (Å²) in [6, 6.07) is 12.1. The van der Waals surface area contributed by atoms with E-state index in [9.17, 15) is 14.7 Å². The summed E-state index contributed by atoms with van der Waals surface area (Å²) in [6.45, 7) is 1.62. The number of anilines is 1. The number of benzene rings is 2. The molecule has 1 atom stereocenters. The molecule has 1 amide bonds. The lowest BCUT2D eigenvalue weighted by molar-refractivity contribution is 0.0912. The van der Waals surface area contributed by atoms with Gasteiger partial charge in [0.2, 0.25) is 0 Å². The molecule has 4 rings (SSSR count). The lowest BCUT2D eigenvalue weighted by atomic mass is 9.97. The minimum absolute atomic E-state index is 0.219. The van der Waals surface area contributed by atoms with Gasteiger partial charge in [-0.15, -0.1) is 0 Å². The number of amides is 1. The van der Waals surface area contributed by atoms with E-state index < -0.39 is 6.04 Å². The molecule has 1 unspecified atom stereocenters. The highest BCUT2D eigenvalue weighted by molar-refractivity contribution is 5.97. The number of hydrogen-bond acceptors (Lipinski definition) is 6. The molecule has 0 spiro atoms. The van der Waals surface area contributed by atoms with Crippen LogP contribution in [-0.4, -0.2) is 40.8 Å². The second-order valence-corrected chi connectivity index (χ2v) is 8.63. The van der Waals surface area contributed by atoms with Gasteiger partial charge in [0.25, 0.3) is 5.91 Å². The summed E-state index contributed by atoms with van der Waals surface area (Å²) < 4.78 is 7.07. The summed E-state index contributed by atoms with van der Waals surface area (Å²) in [5.41, 5.74) is 9.99. The van der Waals surface area contributed by atoms with Crippen molar-refractivity contribution < 1.29 is 19.4 Å². The first kappa shape index (κ1) is 23.5. The number of aldehydes is 1. The molecule has 8 heteroatoms. The minimum atomic E-state index is -0.613. The number of aryl methyl sites for hydroxylation is 1. The van der Waals surface area contributed by atoms with Gasteiger partial charge in [0.05, 0.1) is 36.9 Å². The number of carbonyl (C=O) groups excluding carboxylic acids is 2. The fraction of sp³-hybridized carbons (Fsp3) is 0.346. The zero-order valence-electron chi connectivity index (χ0n) is 19.5. The van der Waals surface area contributed by atoms with Crippen LogP contribution in [0.4, 0.5) is 5.82 Å². The highest BCUT2D eigenvalue weighted by atomic mass is 16.5. The fourth-order valence-corrected chi connectivity index (χ4v) is 4.72. The average molecular weight is 463 g/mol. The number of carbonyl (C=O) groups is 2. The molecule has 1 fully saturated rings. The van der Waals surface area contributed by atoms with E-state index in [-0.39, 0.29) is 18.6 Å². The van der Waals surface area contributed by atoms with Crippen LogP contribution in [0.1, 0.15) is 69.6 Å². The number of ether oxygens (including phenoxy) is 1. The van der Waals surface area contributed by atoms with Crippen molar-refractivity contribution in [2.75, 3.05) is 19.5 Å². The number of aromatic nitrogens is 2. The van der Waals surface area contributed by atoms with Crippen molar-refractivity contribution in [2.24, 2.45) is 0 Å². The third kappa shape index (κ3) is 4.41. The van der Waals surface area contributed by atoms with Crippen molar-refractivity contribution in [3.8, 4) is 17.0 Å². The molecule has 0 saturated heterocycles. The standard InChI is InChI=1S/C26H30N4O4/c1-16-13-17(24-21(14-31)25(27)30(29-24)18-7-3-4-8-18)11-12-19(16)22(15-32)28-26(33)20-9-5-6-10-23(20)34-2/h5-6,9-14,18,22,32H,3-4,7-8,15,27H2,1-2H3,(H,28,33). The minimum Gasteiger partial charge on any atom is -0.496 e. The van der Waals surface area contributed by atoms with E-state index in [0.717, 1.165) is 48.7 Å². The topological polar surface area (TPSA) is 119 Å². The zero-order chi connectivity index (χ0) is 24.2. The quantitative estimate of drug-likeness (QED) is 0.438. The SMILES string of the molecule is COc1ccccc1C(=O)NC(CO)c1ccc(-c2nn(C3CCCC3)c(N)c2C=O)cc1C. The molecule has 1 saturated carbocycles. The maximum atomic E-state index is 12.8. The maximum Gasteiger partial charge on any atom is 0.255 e. The van der Waals surface area contributed by atoms with Crippen LogP contribution in [0.2, 0.25) is 0 Å². The van der Waals surface area contributed by atoms with Gasteiger partial charge in [-0.05, 0) is 49.1 Å². The van der Waals surface area contributed by atoms with E-state index in [1.54, 1.807) is 28.9 Å². The summed E-state index contributed by atoms with van der Waals surface area (Å²) in [6.07, 6.45) is 5.03. The van der Waals surface area contributed by atoms with E-state index in [1.807, 2.05) is 25.1 Å². The Morgan fingerprint density at radius 2 is 2.03 bits per heavy atom. The molecule has 178 valence electrons. The summed E-state index contributed by atoms with van der Waals surface area (Å²) in [4.78, 5) is 24.7. The number of nitrogens with two attached hydrogens (primary N) is 1. The molecule has 1 heterocycles. The summed E-state index contributed by atoms with van der Waals surface area (Å²) in [5.74, 6) is 0.517. The molecule has 34 heavy (non-hydrogen) atoms. The normalized spacial score (nSPS) is 14.7. The Labute approximate surface area is 198 Å². The second kappa shape index (κ2) is 10.1. The number of aliphatic hydroxyl groups excluding tert-OH is 1. The van der Waals surface area contributed by atoms with Crippen molar-refractivity contribution in [2.45, 2.75) is 44.7 Å². The molecule has 2 aromatic carbocycles. The van der Waals surface area contributed by atoms with Crippen LogP contribution in [0, 0.1) is 6.92 Å². The molecular formula is C26H30N4O4. The molecule has 8 nitrogen and oxygen atoms in total. The number of nitrogens with zero attached hydrogens (tertiary/aromatic N) is 2. The van der Waals surface area contributed by atoms with Crippen molar-refractivity contribution in [3.05, 3.63) is 64.7 Å². The van der Waals surface area contributed by atoms with Crippen molar-refractivity contribution in [1.29, 1.82) is 0 Å². The molecule has 1 aromatic heterocycles. The van der Waals surface area contributed by atoms with Crippen molar-refractivity contribution in [1.82, 2.24) is 15.1 Å². The lowest BCUT2D eigenvalue weighted by Crippen LogP contribution is -2.31. The largest absolute Gasteiger partial charge is 0.496 e. The van der Waals surface area contributed by atoms with Gasteiger partial charge in [-0.25, -0.2) is 4.68 Å². The molecule has 1 aliphatic rings. The van der Waals surface area contributed by atoms with Gasteiger partial charge in [0.15, 0.2) is 6.29 Å². The second-order valence-electron chi connectivity index (χ2n) is 8.63. The third-order valence-electron chi connectivity index (χ3n) is 6.53. The smallest absolute Gasteiger partial charge is 0.255 e. The number of nitrogens with one attached hydrogen (secondary N) is 1. The van der Waals surface area contributed by atoms with Crippen LogP contribution in [-0.2, 0) is 0 Å². The molecule has 0 radical (unpaired) electrons. The highest BCUT2D eigenvalue weighted by Gasteiger charge is 2.25. The van der Waals surface area contributed by atoms with E-state index in [2.05, 4.69) is 5.32 Å². The highest BCUT2D eigenvalue weighted by Crippen LogP contribution is 2.35. The van der Waals surface area contributed by atoms with E-state index in [4.69, 9.17) is 15.6 Å². The first-order chi connectivity index (χ1) is 16.5. The third-order valence-corrected chi connectivity index (χ3v) is 6.53. The molecule has 1 aliphatic carbocycles. The number of para-hydroxylation sites is 1. The van der Waals surface area contributed by atoms with Gasteiger partial charge in [0.1, 0.15) is 17.3 Å². The molecular weight excluding hydrogens is 432 g/mol. The Hall–Kier alpha value is -3.65. The number of aliphatic hydroxyl groups is 1. The van der Waals surface area contributed by atoms with Gasteiger partial charge in [-0.1, -0.05) is 37.1 Å². The first-order valence-electron chi connectivity index (χ1n) is 11.5. The fourth-order valence-electron chi connectivity index (χ4n) is 4.72. The lowest BCUT2D eigenvalue weighted by Gasteiger charge is -2.20. The van der Waals surface area contributed by atoms with Crippen LogP contribution in [0.15, 0.2) is 42.5 Å². The Morgan fingerprint density at radius 3 is 2.68 bits per heavy atom.